The number of benzene rings is 2. The second-order valence-electron chi connectivity index (χ2n) is 7.52. The van der Waals surface area contributed by atoms with E-state index in [9.17, 15) is 16.8 Å². The summed E-state index contributed by atoms with van der Waals surface area (Å²) in [6.07, 6.45) is 3.29. The monoisotopic (exact) mass is 498 g/mol. The van der Waals surface area contributed by atoms with Crippen LogP contribution in [-0.4, -0.2) is 40.8 Å². The van der Waals surface area contributed by atoms with Crippen LogP contribution in [0, 0.1) is 6.92 Å². The topological polar surface area (TPSA) is 74.8 Å². The van der Waals surface area contributed by atoms with Crippen LogP contribution in [-0.2, 0) is 26.5 Å². The maximum atomic E-state index is 13.2. The summed E-state index contributed by atoms with van der Waals surface area (Å²) in [7, 11) is -7.28. The highest BCUT2D eigenvalue weighted by Gasteiger charge is 2.34. The van der Waals surface area contributed by atoms with Crippen LogP contribution in [0.1, 0.15) is 30.4 Å². The number of aryl methyl sites for hydroxylation is 1. The molecule has 1 fully saturated rings. The SMILES string of the molecule is Cc1ccc(S(=O)(=O)N2CCc3cc(S(=O)(=O)N4CCCCC4)ccc32)c(Br)c1. The van der Waals surface area contributed by atoms with Crippen LogP contribution in [0.15, 0.2) is 50.7 Å². The van der Waals surface area contributed by atoms with Crippen LogP contribution in [0.3, 0.4) is 0 Å². The first kappa shape index (κ1) is 20.8. The molecule has 0 atom stereocenters. The molecule has 0 N–H and O–H groups in total. The molecule has 0 amide bonds. The van der Waals surface area contributed by atoms with E-state index in [0.29, 0.717) is 36.2 Å². The van der Waals surface area contributed by atoms with Gasteiger partial charge in [-0.25, -0.2) is 16.8 Å². The summed E-state index contributed by atoms with van der Waals surface area (Å²) in [5, 5.41) is 0. The summed E-state index contributed by atoms with van der Waals surface area (Å²) >= 11 is 3.36. The molecule has 1 saturated heterocycles. The van der Waals surface area contributed by atoms with Gasteiger partial charge in [0.2, 0.25) is 10.0 Å². The van der Waals surface area contributed by atoms with Gasteiger partial charge in [0.05, 0.1) is 10.6 Å². The minimum absolute atomic E-state index is 0.209. The number of piperidine rings is 1. The van der Waals surface area contributed by atoms with Crippen molar-refractivity contribution in [1.29, 1.82) is 0 Å². The molecular formula is C20H23BrN2O4S2. The molecule has 156 valence electrons. The number of rotatable bonds is 4. The molecular weight excluding hydrogens is 476 g/mol. The average molecular weight is 499 g/mol. The van der Waals surface area contributed by atoms with Gasteiger partial charge in [-0.3, -0.25) is 4.31 Å². The van der Waals surface area contributed by atoms with E-state index in [1.807, 2.05) is 6.92 Å². The lowest BCUT2D eigenvalue weighted by Gasteiger charge is -2.26. The molecule has 2 heterocycles. The largest absolute Gasteiger partial charge is 0.266 e. The van der Waals surface area contributed by atoms with E-state index in [-0.39, 0.29) is 9.79 Å². The number of halogens is 1. The highest BCUT2D eigenvalue weighted by molar-refractivity contribution is 9.10. The molecule has 2 aliphatic heterocycles. The summed E-state index contributed by atoms with van der Waals surface area (Å²) < 4.78 is 55.8. The van der Waals surface area contributed by atoms with Gasteiger partial charge in [0.1, 0.15) is 4.90 Å². The predicted molar refractivity (Wildman–Crippen MR) is 116 cm³/mol. The number of hydrogen-bond donors (Lipinski definition) is 0. The van der Waals surface area contributed by atoms with Gasteiger partial charge in [0.15, 0.2) is 0 Å². The third-order valence-corrected chi connectivity index (χ3v) is 10.2. The molecule has 0 unspecified atom stereocenters. The molecule has 0 aromatic heterocycles. The maximum absolute atomic E-state index is 13.2. The van der Waals surface area contributed by atoms with E-state index < -0.39 is 20.0 Å². The fraction of sp³-hybridized carbons (Fsp3) is 0.400. The number of nitrogens with zero attached hydrogens (tertiary/aromatic N) is 2. The van der Waals surface area contributed by atoms with Crippen molar-refractivity contribution in [2.45, 2.75) is 42.4 Å². The molecule has 0 spiro atoms. The molecule has 0 saturated carbocycles. The van der Waals surface area contributed by atoms with Crippen molar-refractivity contribution in [1.82, 2.24) is 4.31 Å². The molecule has 9 heteroatoms. The Morgan fingerprint density at radius 2 is 1.59 bits per heavy atom. The quantitative estimate of drug-likeness (QED) is 0.644. The van der Waals surface area contributed by atoms with Crippen LogP contribution < -0.4 is 4.31 Å². The second-order valence-corrected chi connectivity index (χ2v) is 12.1. The van der Waals surface area contributed by atoms with Crippen molar-refractivity contribution in [3.63, 3.8) is 0 Å². The van der Waals surface area contributed by atoms with Crippen molar-refractivity contribution >= 4 is 41.7 Å². The van der Waals surface area contributed by atoms with Crippen molar-refractivity contribution in [2.24, 2.45) is 0 Å². The van der Waals surface area contributed by atoms with Crippen molar-refractivity contribution in [2.75, 3.05) is 23.9 Å². The van der Waals surface area contributed by atoms with Gasteiger partial charge in [-0.15, -0.1) is 0 Å². The molecule has 0 radical (unpaired) electrons. The average Bonchev–Trinajstić information content (AvgIpc) is 3.12. The van der Waals surface area contributed by atoms with Crippen LogP contribution in [0.5, 0.6) is 0 Å². The Morgan fingerprint density at radius 3 is 2.28 bits per heavy atom. The minimum Gasteiger partial charge on any atom is -0.266 e. The zero-order valence-corrected chi connectivity index (χ0v) is 19.4. The third kappa shape index (κ3) is 3.73. The molecule has 6 nitrogen and oxygen atoms in total. The molecule has 2 aromatic carbocycles. The van der Waals surface area contributed by atoms with Crippen molar-refractivity contribution in [3.8, 4) is 0 Å². The molecule has 2 aliphatic rings. The molecule has 0 aliphatic carbocycles. The lowest BCUT2D eigenvalue weighted by molar-refractivity contribution is 0.346. The van der Waals surface area contributed by atoms with Gasteiger partial charge in [0.25, 0.3) is 10.0 Å². The van der Waals surface area contributed by atoms with Crippen LogP contribution in [0.25, 0.3) is 0 Å². The fourth-order valence-electron chi connectivity index (χ4n) is 3.95. The van der Waals surface area contributed by atoms with Gasteiger partial charge >= 0.3 is 0 Å². The summed E-state index contributed by atoms with van der Waals surface area (Å²) in [6.45, 7) is 3.28. The Labute approximate surface area is 180 Å². The number of hydrogen-bond acceptors (Lipinski definition) is 4. The van der Waals surface area contributed by atoms with Gasteiger partial charge in [0, 0.05) is 24.1 Å². The van der Waals surface area contributed by atoms with Gasteiger partial charge in [-0.05, 0) is 83.6 Å². The summed E-state index contributed by atoms with van der Waals surface area (Å²) in [6, 6.07) is 9.93. The maximum Gasteiger partial charge on any atom is 0.265 e. The van der Waals surface area contributed by atoms with E-state index in [1.54, 1.807) is 30.3 Å². The van der Waals surface area contributed by atoms with Crippen LogP contribution in [0.4, 0.5) is 5.69 Å². The van der Waals surface area contributed by atoms with E-state index in [2.05, 4.69) is 15.9 Å². The lowest BCUT2D eigenvalue weighted by atomic mass is 10.2. The number of anilines is 1. The van der Waals surface area contributed by atoms with Crippen molar-refractivity contribution in [3.05, 3.63) is 52.0 Å². The van der Waals surface area contributed by atoms with E-state index in [0.717, 1.165) is 30.4 Å². The number of fused-ring (bicyclic) bond motifs is 1. The Kier molecular flexibility index (Phi) is 5.52. The number of sulfonamides is 2. The summed E-state index contributed by atoms with van der Waals surface area (Å²) in [5.74, 6) is 0. The van der Waals surface area contributed by atoms with Gasteiger partial charge < -0.3 is 0 Å². The lowest BCUT2D eigenvalue weighted by Crippen LogP contribution is -2.35. The molecule has 29 heavy (non-hydrogen) atoms. The van der Waals surface area contributed by atoms with Crippen molar-refractivity contribution < 1.29 is 16.8 Å². The Balaban J connectivity index is 1.68. The standard InChI is InChI=1S/C20H23BrN2O4S2/c1-15-5-8-20(18(21)13-15)29(26,27)23-12-9-16-14-17(6-7-19(16)23)28(24,25)22-10-3-2-4-11-22/h5-8,13-14H,2-4,9-12H2,1H3. The van der Waals surface area contributed by atoms with E-state index >= 15 is 0 Å². The Bertz CT molecular complexity index is 1160. The molecule has 0 bridgehead atoms. The first-order valence-electron chi connectivity index (χ1n) is 9.63. The highest BCUT2D eigenvalue weighted by atomic mass is 79.9. The predicted octanol–water partition coefficient (Wildman–Crippen LogP) is 3.68. The minimum atomic E-state index is -3.74. The zero-order valence-electron chi connectivity index (χ0n) is 16.1. The van der Waals surface area contributed by atoms with Crippen LogP contribution >= 0.6 is 15.9 Å². The molecule has 2 aromatic rings. The van der Waals surface area contributed by atoms with Gasteiger partial charge in [-0.1, -0.05) is 12.5 Å². The van der Waals surface area contributed by atoms with Crippen LogP contribution in [0.2, 0.25) is 0 Å². The third-order valence-electron chi connectivity index (χ3n) is 5.51. The first-order chi connectivity index (χ1) is 13.7. The first-order valence-corrected chi connectivity index (χ1v) is 13.3. The zero-order chi connectivity index (χ0) is 20.8. The summed E-state index contributed by atoms with van der Waals surface area (Å²) in [4.78, 5) is 0.454. The summed E-state index contributed by atoms with van der Waals surface area (Å²) in [5.41, 5.74) is 2.26. The Hall–Kier alpha value is -1.42. The fourth-order valence-corrected chi connectivity index (χ4v) is 8.17. The normalized spacial score (nSPS) is 18.1. The molecule has 4 rings (SSSR count). The van der Waals surface area contributed by atoms with Gasteiger partial charge in [-0.2, -0.15) is 4.31 Å². The van der Waals surface area contributed by atoms with E-state index in [1.165, 1.54) is 14.7 Å². The second kappa shape index (κ2) is 7.68. The Morgan fingerprint density at radius 1 is 0.862 bits per heavy atom. The smallest absolute Gasteiger partial charge is 0.265 e. The highest BCUT2D eigenvalue weighted by Crippen LogP contribution is 2.37. The van der Waals surface area contributed by atoms with E-state index in [4.69, 9.17) is 0 Å².